The number of fused-ring (bicyclic) bond motifs is 1. The number of piperazine rings is 1. The molecule has 1 aliphatic rings. The SMILES string of the molecule is Cc1ccc2nc(C[NH+]3CCN(S(=O)(=O)c4cccc(F)c4)CC3)cc(=O)n2c1. The Morgan fingerprint density at radius 2 is 1.90 bits per heavy atom. The molecule has 1 fully saturated rings. The van der Waals surface area contributed by atoms with Crippen molar-refractivity contribution >= 4 is 15.7 Å². The molecular formula is C20H22FN4O3S+. The van der Waals surface area contributed by atoms with Gasteiger partial charge in [-0.05, 0) is 36.8 Å². The topological polar surface area (TPSA) is 76.2 Å². The highest BCUT2D eigenvalue weighted by Gasteiger charge is 2.30. The number of nitrogens with zero attached hydrogens (tertiary/aromatic N) is 3. The van der Waals surface area contributed by atoms with Gasteiger partial charge in [0.1, 0.15) is 23.7 Å². The van der Waals surface area contributed by atoms with E-state index in [0.717, 1.165) is 16.5 Å². The van der Waals surface area contributed by atoms with Gasteiger partial charge in [0.25, 0.3) is 5.56 Å². The fourth-order valence-corrected chi connectivity index (χ4v) is 5.07. The molecule has 29 heavy (non-hydrogen) atoms. The molecule has 0 amide bonds. The molecule has 9 heteroatoms. The predicted molar refractivity (Wildman–Crippen MR) is 106 cm³/mol. The first-order chi connectivity index (χ1) is 13.8. The molecule has 2 aromatic heterocycles. The quantitative estimate of drug-likeness (QED) is 0.660. The minimum Gasteiger partial charge on any atom is -0.328 e. The Balaban J connectivity index is 1.46. The van der Waals surface area contributed by atoms with Crippen LogP contribution in [0.15, 0.2) is 58.4 Å². The van der Waals surface area contributed by atoms with Crippen LogP contribution in [0.2, 0.25) is 0 Å². The Labute approximate surface area is 168 Å². The number of aromatic nitrogens is 2. The van der Waals surface area contributed by atoms with Crippen LogP contribution in [0.25, 0.3) is 5.65 Å². The fraction of sp³-hybridized carbons (Fsp3) is 0.300. The number of rotatable bonds is 4. The molecule has 0 aliphatic carbocycles. The van der Waals surface area contributed by atoms with E-state index in [1.807, 2.05) is 19.1 Å². The van der Waals surface area contributed by atoms with Crippen molar-refractivity contribution in [2.75, 3.05) is 26.2 Å². The molecule has 0 atom stereocenters. The van der Waals surface area contributed by atoms with E-state index in [9.17, 15) is 17.6 Å². The van der Waals surface area contributed by atoms with Gasteiger partial charge in [-0.1, -0.05) is 12.1 Å². The largest absolute Gasteiger partial charge is 0.328 e. The molecule has 0 bridgehead atoms. The summed E-state index contributed by atoms with van der Waals surface area (Å²) in [6, 6.07) is 10.3. The van der Waals surface area contributed by atoms with E-state index in [-0.39, 0.29) is 10.5 Å². The molecule has 1 N–H and O–H groups in total. The van der Waals surface area contributed by atoms with Gasteiger partial charge in [0, 0.05) is 12.3 Å². The molecule has 152 valence electrons. The van der Waals surface area contributed by atoms with Crippen molar-refractivity contribution < 1.29 is 17.7 Å². The molecule has 0 saturated carbocycles. The van der Waals surface area contributed by atoms with Gasteiger partial charge in [-0.2, -0.15) is 4.31 Å². The third-order valence-corrected chi connectivity index (χ3v) is 7.05. The van der Waals surface area contributed by atoms with Gasteiger partial charge in [0.2, 0.25) is 10.0 Å². The zero-order valence-electron chi connectivity index (χ0n) is 16.0. The Morgan fingerprint density at radius 1 is 1.14 bits per heavy atom. The number of hydrogen-bond acceptors (Lipinski definition) is 4. The first-order valence-corrected chi connectivity index (χ1v) is 10.9. The van der Waals surface area contributed by atoms with Gasteiger partial charge >= 0.3 is 0 Å². The summed E-state index contributed by atoms with van der Waals surface area (Å²) in [6.07, 6.45) is 1.76. The van der Waals surface area contributed by atoms with Gasteiger partial charge in [0.05, 0.1) is 31.1 Å². The number of nitrogens with one attached hydrogen (secondary N) is 1. The van der Waals surface area contributed by atoms with E-state index >= 15 is 0 Å². The lowest BCUT2D eigenvalue weighted by Crippen LogP contribution is -3.13. The molecule has 4 rings (SSSR count). The lowest BCUT2D eigenvalue weighted by molar-refractivity contribution is -0.917. The van der Waals surface area contributed by atoms with Gasteiger partial charge in [-0.15, -0.1) is 0 Å². The predicted octanol–water partition coefficient (Wildman–Crippen LogP) is 0.231. The van der Waals surface area contributed by atoms with E-state index < -0.39 is 15.8 Å². The third kappa shape index (κ3) is 4.07. The smallest absolute Gasteiger partial charge is 0.258 e. The molecule has 0 radical (unpaired) electrons. The summed E-state index contributed by atoms with van der Waals surface area (Å²) < 4.78 is 41.8. The first kappa shape index (κ1) is 19.7. The number of sulfonamides is 1. The first-order valence-electron chi connectivity index (χ1n) is 9.41. The molecule has 0 spiro atoms. The Hall–Kier alpha value is -2.62. The van der Waals surface area contributed by atoms with Crippen LogP contribution in [0.4, 0.5) is 4.39 Å². The lowest BCUT2D eigenvalue weighted by Gasteiger charge is -2.31. The molecule has 7 nitrogen and oxygen atoms in total. The highest BCUT2D eigenvalue weighted by Crippen LogP contribution is 2.16. The third-order valence-electron chi connectivity index (χ3n) is 5.16. The molecule has 1 aliphatic heterocycles. The molecule has 0 unspecified atom stereocenters. The minimum atomic E-state index is -3.71. The van der Waals surface area contributed by atoms with Crippen LogP contribution in [0.1, 0.15) is 11.3 Å². The summed E-state index contributed by atoms with van der Waals surface area (Å²) in [7, 11) is -3.71. The molecule has 3 heterocycles. The highest BCUT2D eigenvalue weighted by atomic mass is 32.2. The van der Waals surface area contributed by atoms with Crippen molar-refractivity contribution in [1.29, 1.82) is 0 Å². The van der Waals surface area contributed by atoms with E-state index in [2.05, 4.69) is 4.98 Å². The van der Waals surface area contributed by atoms with Gasteiger partial charge < -0.3 is 4.90 Å². The van der Waals surface area contributed by atoms with Crippen LogP contribution < -0.4 is 10.5 Å². The van der Waals surface area contributed by atoms with E-state index in [1.54, 1.807) is 6.20 Å². The van der Waals surface area contributed by atoms with Crippen LogP contribution >= 0.6 is 0 Å². The minimum absolute atomic E-state index is 0.0274. The number of pyridine rings is 1. The van der Waals surface area contributed by atoms with Crippen molar-refractivity contribution in [2.24, 2.45) is 0 Å². The summed E-state index contributed by atoms with van der Waals surface area (Å²) in [4.78, 5) is 18.0. The van der Waals surface area contributed by atoms with Crippen LogP contribution in [0.5, 0.6) is 0 Å². The zero-order chi connectivity index (χ0) is 20.6. The van der Waals surface area contributed by atoms with Crippen molar-refractivity contribution in [1.82, 2.24) is 13.7 Å². The summed E-state index contributed by atoms with van der Waals surface area (Å²) in [5.41, 5.74) is 2.15. The van der Waals surface area contributed by atoms with Crippen LogP contribution in [-0.4, -0.2) is 48.3 Å². The normalized spacial score (nSPS) is 16.3. The van der Waals surface area contributed by atoms with E-state index in [4.69, 9.17) is 0 Å². The van der Waals surface area contributed by atoms with E-state index in [0.29, 0.717) is 44.1 Å². The monoisotopic (exact) mass is 417 g/mol. The summed E-state index contributed by atoms with van der Waals surface area (Å²) in [5.74, 6) is -0.570. The van der Waals surface area contributed by atoms with E-state index in [1.165, 1.54) is 33.0 Å². The van der Waals surface area contributed by atoms with Crippen molar-refractivity contribution in [2.45, 2.75) is 18.4 Å². The van der Waals surface area contributed by atoms with Crippen molar-refractivity contribution in [3.63, 3.8) is 0 Å². The van der Waals surface area contributed by atoms with Crippen molar-refractivity contribution in [3.8, 4) is 0 Å². The number of hydrogen-bond donors (Lipinski definition) is 1. The van der Waals surface area contributed by atoms with Crippen LogP contribution in [0, 0.1) is 12.7 Å². The Bertz CT molecular complexity index is 1220. The van der Waals surface area contributed by atoms with Gasteiger partial charge in [0.15, 0.2) is 0 Å². The van der Waals surface area contributed by atoms with Gasteiger partial charge in [-0.25, -0.2) is 17.8 Å². The molecule has 1 aromatic carbocycles. The average Bonchev–Trinajstić information content (AvgIpc) is 2.69. The molecule has 3 aromatic rings. The summed E-state index contributed by atoms with van der Waals surface area (Å²) >= 11 is 0. The second kappa shape index (κ2) is 7.66. The maximum absolute atomic E-state index is 13.4. The number of benzene rings is 1. The van der Waals surface area contributed by atoms with Crippen LogP contribution in [0.3, 0.4) is 0 Å². The maximum atomic E-state index is 13.4. The maximum Gasteiger partial charge on any atom is 0.258 e. The standard InChI is InChI=1S/C20H21FN4O3S/c1-15-5-6-19-22-17(12-20(26)25(19)13-15)14-23-7-9-24(10-8-23)29(27,28)18-4-2-3-16(21)11-18/h2-6,11-13H,7-10,14H2,1H3/p+1. The van der Waals surface area contributed by atoms with Crippen LogP contribution in [-0.2, 0) is 16.6 Å². The summed E-state index contributed by atoms with van der Waals surface area (Å²) in [6.45, 7) is 4.31. The van der Waals surface area contributed by atoms with Gasteiger partial charge in [-0.3, -0.25) is 9.20 Å². The summed E-state index contributed by atoms with van der Waals surface area (Å²) in [5, 5.41) is 0. The average molecular weight is 417 g/mol. The number of aryl methyl sites for hydroxylation is 1. The Kier molecular flexibility index (Phi) is 5.20. The second-order valence-electron chi connectivity index (χ2n) is 7.31. The Morgan fingerprint density at radius 3 is 2.62 bits per heavy atom. The second-order valence-corrected chi connectivity index (χ2v) is 9.25. The number of halogens is 1. The zero-order valence-corrected chi connectivity index (χ0v) is 16.8. The fourth-order valence-electron chi connectivity index (χ4n) is 3.60. The molecular weight excluding hydrogens is 395 g/mol. The molecule has 1 saturated heterocycles. The lowest BCUT2D eigenvalue weighted by atomic mass is 10.3. The van der Waals surface area contributed by atoms with Crippen molar-refractivity contribution in [3.05, 3.63) is 76.1 Å². The number of quaternary nitrogens is 1. The highest BCUT2D eigenvalue weighted by molar-refractivity contribution is 7.89.